The van der Waals surface area contributed by atoms with Crippen molar-refractivity contribution in [1.82, 2.24) is 0 Å². The summed E-state index contributed by atoms with van der Waals surface area (Å²) in [7, 11) is 0. The average molecular weight is 203 g/mol. The van der Waals surface area contributed by atoms with E-state index in [2.05, 4.69) is 37.4 Å². The summed E-state index contributed by atoms with van der Waals surface area (Å²) in [6.07, 6.45) is 0. The van der Waals surface area contributed by atoms with E-state index in [9.17, 15) is 0 Å². The van der Waals surface area contributed by atoms with Gasteiger partial charge >= 0.3 is 0 Å². The molecule has 0 saturated carbocycles. The van der Waals surface area contributed by atoms with Crippen LogP contribution in [0.2, 0.25) is 0 Å². The van der Waals surface area contributed by atoms with Crippen LogP contribution in [-0.4, -0.2) is 0 Å². The molecule has 0 unspecified atom stereocenters. The zero-order valence-corrected chi connectivity index (χ0v) is 9.19. The number of thiophene rings is 1. The highest BCUT2D eigenvalue weighted by Crippen LogP contribution is 2.30. The zero-order chi connectivity index (χ0) is 10.1. The van der Waals surface area contributed by atoms with Crippen molar-refractivity contribution in [1.29, 1.82) is 0 Å². The van der Waals surface area contributed by atoms with E-state index in [0.29, 0.717) is 0 Å². The van der Waals surface area contributed by atoms with Crippen LogP contribution >= 0.6 is 11.3 Å². The number of nitrogen functional groups attached to an aromatic ring is 1. The van der Waals surface area contributed by atoms with Crippen molar-refractivity contribution < 1.29 is 0 Å². The number of hydrogen-bond acceptors (Lipinski definition) is 2. The molecule has 0 bridgehead atoms. The molecule has 1 aromatic carbocycles. The van der Waals surface area contributed by atoms with Crippen molar-refractivity contribution in [3.05, 3.63) is 40.1 Å². The topological polar surface area (TPSA) is 26.0 Å². The second kappa shape index (κ2) is 3.46. The number of aryl methyl sites for hydroxylation is 2. The van der Waals surface area contributed by atoms with E-state index in [1.165, 1.54) is 16.0 Å². The van der Waals surface area contributed by atoms with Gasteiger partial charge in [0.25, 0.3) is 0 Å². The van der Waals surface area contributed by atoms with Crippen LogP contribution in [0.25, 0.3) is 11.1 Å². The largest absolute Gasteiger partial charge is 0.398 e. The Morgan fingerprint density at radius 3 is 2.50 bits per heavy atom. The summed E-state index contributed by atoms with van der Waals surface area (Å²) in [6, 6.07) is 8.37. The van der Waals surface area contributed by atoms with Gasteiger partial charge in [0.05, 0.1) is 0 Å². The lowest BCUT2D eigenvalue weighted by molar-refractivity contribution is 1.47. The molecule has 0 atom stereocenters. The first-order valence-electron chi connectivity index (χ1n) is 4.58. The van der Waals surface area contributed by atoms with E-state index in [-0.39, 0.29) is 0 Å². The first-order chi connectivity index (χ1) is 6.66. The van der Waals surface area contributed by atoms with Crippen LogP contribution in [0.3, 0.4) is 0 Å². The average Bonchev–Trinajstić information content (AvgIpc) is 2.51. The molecule has 0 fully saturated rings. The maximum atomic E-state index is 5.97. The van der Waals surface area contributed by atoms with Gasteiger partial charge in [-0.25, -0.2) is 0 Å². The van der Waals surface area contributed by atoms with Crippen molar-refractivity contribution in [2.75, 3.05) is 5.73 Å². The minimum absolute atomic E-state index is 0.864. The Morgan fingerprint density at radius 2 is 1.93 bits per heavy atom. The fraction of sp³-hybridized carbons (Fsp3) is 0.167. The lowest BCUT2D eigenvalue weighted by atomic mass is 10.0. The van der Waals surface area contributed by atoms with Crippen LogP contribution in [-0.2, 0) is 0 Å². The number of hydrogen-bond donors (Lipinski definition) is 1. The van der Waals surface area contributed by atoms with Gasteiger partial charge in [-0.1, -0.05) is 12.1 Å². The first kappa shape index (κ1) is 9.28. The molecule has 0 aliphatic rings. The molecule has 0 aliphatic heterocycles. The van der Waals surface area contributed by atoms with Gasteiger partial charge in [0.2, 0.25) is 0 Å². The summed E-state index contributed by atoms with van der Waals surface area (Å²) in [5, 5.41) is 2.15. The van der Waals surface area contributed by atoms with Gasteiger partial charge in [-0.05, 0) is 42.5 Å². The number of nitrogens with two attached hydrogens (primary N) is 1. The summed E-state index contributed by atoms with van der Waals surface area (Å²) in [5.74, 6) is 0. The van der Waals surface area contributed by atoms with Crippen LogP contribution in [0.15, 0.2) is 29.6 Å². The van der Waals surface area contributed by atoms with Crippen LogP contribution in [0, 0.1) is 13.8 Å². The van der Waals surface area contributed by atoms with E-state index in [1.807, 2.05) is 6.07 Å². The second-order valence-corrected chi connectivity index (χ2v) is 4.65. The zero-order valence-electron chi connectivity index (χ0n) is 8.37. The van der Waals surface area contributed by atoms with Crippen molar-refractivity contribution in [3.63, 3.8) is 0 Å². The highest BCUT2D eigenvalue weighted by Gasteiger charge is 2.03. The van der Waals surface area contributed by atoms with Gasteiger partial charge in [0.15, 0.2) is 0 Å². The van der Waals surface area contributed by atoms with Gasteiger partial charge in [0.1, 0.15) is 0 Å². The molecule has 2 rings (SSSR count). The molecule has 0 spiro atoms. The molecule has 2 N–H and O–H groups in total. The van der Waals surface area contributed by atoms with E-state index in [0.717, 1.165) is 11.3 Å². The van der Waals surface area contributed by atoms with Crippen LogP contribution in [0.5, 0.6) is 0 Å². The lowest BCUT2D eigenvalue weighted by Gasteiger charge is -2.03. The summed E-state index contributed by atoms with van der Waals surface area (Å²) >= 11 is 1.76. The minimum atomic E-state index is 0.864. The predicted octanol–water partition coefficient (Wildman–Crippen LogP) is 3.61. The summed E-state index contributed by atoms with van der Waals surface area (Å²) in [4.78, 5) is 1.32. The number of benzene rings is 1. The standard InChI is InChI=1S/C12H13NS/c1-8-3-4-11(12(13)5-8)10-6-9(2)14-7-10/h3-7H,13H2,1-2H3. The summed E-state index contributed by atoms with van der Waals surface area (Å²) in [5.41, 5.74) is 10.4. The molecular formula is C12H13NS. The third-order valence-corrected chi connectivity index (χ3v) is 3.11. The van der Waals surface area contributed by atoms with Crippen molar-refractivity contribution in [3.8, 4) is 11.1 Å². The normalized spacial score (nSPS) is 10.4. The Morgan fingerprint density at radius 1 is 1.14 bits per heavy atom. The number of anilines is 1. The molecule has 1 heterocycles. The van der Waals surface area contributed by atoms with Gasteiger partial charge in [-0.3, -0.25) is 0 Å². The Bertz CT molecular complexity index is 457. The highest BCUT2D eigenvalue weighted by atomic mass is 32.1. The first-order valence-corrected chi connectivity index (χ1v) is 5.46. The van der Waals surface area contributed by atoms with E-state index >= 15 is 0 Å². The fourth-order valence-electron chi connectivity index (χ4n) is 1.53. The van der Waals surface area contributed by atoms with Gasteiger partial charge in [0, 0.05) is 16.1 Å². The molecule has 14 heavy (non-hydrogen) atoms. The Kier molecular flexibility index (Phi) is 2.30. The van der Waals surface area contributed by atoms with Crippen LogP contribution < -0.4 is 5.73 Å². The van der Waals surface area contributed by atoms with Crippen LogP contribution in [0.1, 0.15) is 10.4 Å². The van der Waals surface area contributed by atoms with Gasteiger partial charge in [-0.15, -0.1) is 11.3 Å². The molecule has 2 aromatic rings. The van der Waals surface area contributed by atoms with Gasteiger partial charge in [-0.2, -0.15) is 0 Å². The second-order valence-electron chi connectivity index (χ2n) is 3.54. The molecule has 1 aromatic heterocycles. The molecular weight excluding hydrogens is 190 g/mol. The maximum absolute atomic E-state index is 5.97. The van der Waals surface area contributed by atoms with Crippen molar-refractivity contribution in [2.45, 2.75) is 13.8 Å². The van der Waals surface area contributed by atoms with Crippen LogP contribution in [0.4, 0.5) is 5.69 Å². The number of rotatable bonds is 1. The molecule has 0 saturated heterocycles. The highest BCUT2D eigenvalue weighted by molar-refractivity contribution is 7.10. The summed E-state index contributed by atoms with van der Waals surface area (Å²) in [6.45, 7) is 4.16. The maximum Gasteiger partial charge on any atom is 0.0396 e. The van der Waals surface area contributed by atoms with Crippen molar-refractivity contribution >= 4 is 17.0 Å². The third-order valence-electron chi connectivity index (χ3n) is 2.25. The molecule has 72 valence electrons. The monoisotopic (exact) mass is 203 g/mol. The smallest absolute Gasteiger partial charge is 0.0396 e. The van der Waals surface area contributed by atoms with E-state index < -0.39 is 0 Å². The molecule has 2 heteroatoms. The molecule has 1 nitrogen and oxygen atoms in total. The van der Waals surface area contributed by atoms with E-state index in [1.54, 1.807) is 11.3 Å². The third kappa shape index (κ3) is 1.66. The van der Waals surface area contributed by atoms with Gasteiger partial charge < -0.3 is 5.73 Å². The quantitative estimate of drug-likeness (QED) is 0.704. The van der Waals surface area contributed by atoms with Crippen molar-refractivity contribution in [2.24, 2.45) is 0 Å². The summed E-state index contributed by atoms with van der Waals surface area (Å²) < 4.78 is 0. The Labute approximate surface area is 88.2 Å². The Hall–Kier alpha value is -1.28. The SMILES string of the molecule is Cc1ccc(-c2csc(C)c2)c(N)c1. The van der Waals surface area contributed by atoms with E-state index in [4.69, 9.17) is 5.73 Å². The fourth-order valence-corrected chi connectivity index (χ4v) is 2.23. The predicted molar refractivity (Wildman–Crippen MR) is 63.6 cm³/mol. The molecule has 0 amide bonds. The Balaban J connectivity index is 2.52. The molecule has 0 radical (unpaired) electrons. The lowest BCUT2D eigenvalue weighted by Crippen LogP contribution is -1.89. The minimum Gasteiger partial charge on any atom is -0.398 e. The molecule has 0 aliphatic carbocycles.